The van der Waals surface area contributed by atoms with Crippen LogP contribution in [0.25, 0.3) is 0 Å². The first-order valence-corrected chi connectivity index (χ1v) is 7.24. The van der Waals surface area contributed by atoms with Crippen LogP contribution in [0.4, 0.5) is 5.69 Å². The molecule has 0 spiro atoms. The van der Waals surface area contributed by atoms with E-state index in [1.165, 1.54) is 4.90 Å². The fourth-order valence-electron chi connectivity index (χ4n) is 2.74. The molecule has 22 heavy (non-hydrogen) atoms. The number of anilines is 1. The molecule has 0 unspecified atom stereocenters. The lowest BCUT2D eigenvalue weighted by Crippen LogP contribution is -2.42. The number of fused-ring (bicyclic) bond motifs is 1. The summed E-state index contributed by atoms with van der Waals surface area (Å²) in [4.78, 5) is 25.9. The van der Waals surface area contributed by atoms with Crippen LogP contribution in [0, 0.1) is 6.92 Å². The second kappa shape index (κ2) is 5.60. The third-order valence-electron chi connectivity index (χ3n) is 3.95. The summed E-state index contributed by atoms with van der Waals surface area (Å²) >= 11 is 0. The first-order chi connectivity index (χ1) is 10.6. The molecule has 5 heteroatoms. The van der Waals surface area contributed by atoms with Gasteiger partial charge < -0.3 is 5.32 Å². The van der Waals surface area contributed by atoms with Gasteiger partial charge >= 0.3 is 0 Å². The highest BCUT2D eigenvalue weighted by atomic mass is 16.2. The average Bonchev–Trinajstić information content (AvgIpc) is 2.77. The van der Waals surface area contributed by atoms with E-state index in [-0.39, 0.29) is 11.8 Å². The lowest BCUT2D eigenvalue weighted by molar-refractivity contribution is -0.696. The van der Waals surface area contributed by atoms with Gasteiger partial charge in [-0.2, -0.15) is 0 Å². The molecule has 1 aliphatic heterocycles. The molecule has 0 aliphatic carbocycles. The molecule has 1 aliphatic rings. The summed E-state index contributed by atoms with van der Waals surface area (Å²) in [5.74, 6) is -0.408. The fourth-order valence-corrected chi connectivity index (χ4v) is 2.74. The molecular formula is C17H18N3O2+. The number of rotatable bonds is 4. The molecule has 0 fully saturated rings. The summed E-state index contributed by atoms with van der Waals surface area (Å²) in [7, 11) is 1.88. The van der Waals surface area contributed by atoms with Crippen LogP contribution in [0.15, 0.2) is 42.7 Å². The molecule has 0 saturated carbocycles. The van der Waals surface area contributed by atoms with Gasteiger partial charge in [0.05, 0.1) is 17.7 Å². The largest absolute Gasteiger partial charge is 0.388 e. The molecule has 2 amide bonds. The van der Waals surface area contributed by atoms with E-state index in [4.69, 9.17) is 0 Å². The number of nitrogens with one attached hydrogen (secondary N) is 1. The lowest BCUT2D eigenvalue weighted by Gasteiger charge is -2.11. The number of imide groups is 1. The molecule has 1 aromatic carbocycles. The van der Waals surface area contributed by atoms with Gasteiger partial charge in [0.15, 0.2) is 18.9 Å². The molecule has 0 atom stereocenters. The standard InChI is InChI=1S/C17H17N3O2/c1-12-11-19(8-7-15(12)18-2)9-10-20-16(21)13-5-3-4-6-14(13)17(20)22/h3-8,11H,9-10H2,1-2H3/p+1. The number of nitrogens with zero attached hydrogens (tertiary/aromatic N) is 2. The first-order valence-electron chi connectivity index (χ1n) is 7.24. The van der Waals surface area contributed by atoms with Crippen molar-refractivity contribution < 1.29 is 14.2 Å². The number of aryl methyl sites for hydroxylation is 1. The van der Waals surface area contributed by atoms with Gasteiger partial charge in [0.1, 0.15) is 0 Å². The van der Waals surface area contributed by atoms with Crippen molar-refractivity contribution in [3.8, 4) is 0 Å². The van der Waals surface area contributed by atoms with E-state index < -0.39 is 0 Å². The third kappa shape index (κ3) is 2.35. The maximum atomic E-state index is 12.3. The van der Waals surface area contributed by atoms with Crippen molar-refractivity contribution in [2.45, 2.75) is 13.5 Å². The second-order valence-corrected chi connectivity index (χ2v) is 5.34. The summed E-state index contributed by atoms with van der Waals surface area (Å²) in [5, 5.41) is 3.11. The Morgan fingerprint density at radius 1 is 1.09 bits per heavy atom. The normalized spacial score (nSPS) is 13.5. The quantitative estimate of drug-likeness (QED) is 0.689. The Bertz CT molecular complexity index is 720. The number of benzene rings is 1. The van der Waals surface area contributed by atoms with Crippen molar-refractivity contribution in [3.05, 3.63) is 59.4 Å². The highest BCUT2D eigenvalue weighted by Gasteiger charge is 2.35. The Balaban J connectivity index is 1.74. The van der Waals surface area contributed by atoms with Gasteiger partial charge in [-0.1, -0.05) is 12.1 Å². The Labute approximate surface area is 129 Å². The number of carbonyl (C=O) groups is 2. The van der Waals surface area contributed by atoms with E-state index in [2.05, 4.69) is 5.32 Å². The van der Waals surface area contributed by atoms with Crippen LogP contribution in [0.5, 0.6) is 0 Å². The van der Waals surface area contributed by atoms with Crippen molar-refractivity contribution in [1.82, 2.24) is 4.90 Å². The Morgan fingerprint density at radius 3 is 2.27 bits per heavy atom. The summed E-state index contributed by atoms with van der Waals surface area (Å²) in [6.07, 6.45) is 3.95. The molecular weight excluding hydrogens is 278 g/mol. The number of amides is 2. The van der Waals surface area contributed by atoms with E-state index in [1.54, 1.807) is 24.3 Å². The van der Waals surface area contributed by atoms with Crippen LogP contribution in [0.2, 0.25) is 0 Å². The van der Waals surface area contributed by atoms with Gasteiger partial charge in [0.2, 0.25) is 0 Å². The minimum atomic E-state index is -0.204. The predicted octanol–water partition coefficient (Wildman–Crippen LogP) is 1.62. The number of pyridine rings is 1. The number of hydrogen-bond acceptors (Lipinski definition) is 3. The zero-order valence-corrected chi connectivity index (χ0v) is 12.7. The monoisotopic (exact) mass is 296 g/mol. The Kier molecular flexibility index (Phi) is 3.63. The van der Waals surface area contributed by atoms with Crippen LogP contribution in [-0.2, 0) is 6.54 Å². The summed E-state index contributed by atoms with van der Waals surface area (Å²) in [6.45, 7) is 2.97. The third-order valence-corrected chi connectivity index (χ3v) is 3.95. The maximum absolute atomic E-state index is 12.3. The highest BCUT2D eigenvalue weighted by Crippen LogP contribution is 2.21. The van der Waals surface area contributed by atoms with E-state index in [9.17, 15) is 9.59 Å². The summed E-state index contributed by atoms with van der Waals surface area (Å²) in [6, 6.07) is 8.95. The molecule has 1 N–H and O–H groups in total. The number of hydrogen-bond donors (Lipinski definition) is 1. The number of aromatic nitrogens is 1. The van der Waals surface area contributed by atoms with Gasteiger partial charge in [-0.05, 0) is 19.1 Å². The van der Waals surface area contributed by atoms with Crippen LogP contribution in [-0.4, -0.2) is 30.3 Å². The van der Waals surface area contributed by atoms with Crippen molar-refractivity contribution in [3.63, 3.8) is 0 Å². The van der Waals surface area contributed by atoms with Crippen molar-refractivity contribution in [1.29, 1.82) is 0 Å². The van der Waals surface area contributed by atoms with Crippen molar-refractivity contribution in [2.24, 2.45) is 0 Å². The van der Waals surface area contributed by atoms with Gasteiger partial charge in [-0.25, -0.2) is 4.57 Å². The average molecular weight is 296 g/mol. The molecule has 0 saturated heterocycles. The minimum absolute atomic E-state index is 0.204. The van der Waals surface area contributed by atoms with Gasteiger partial charge in [-0.3, -0.25) is 14.5 Å². The molecule has 0 bridgehead atoms. The molecule has 0 radical (unpaired) electrons. The van der Waals surface area contributed by atoms with Crippen molar-refractivity contribution in [2.75, 3.05) is 18.9 Å². The molecule has 1 aromatic heterocycles. The highest BCUT2D eigenvalue weighted by molar-refractivity contribution is 6.21. The lowest BCUT2D eigenvalue weighted by atomic mass is 10.1. The molecule has 2 aromatic rings. The number of carbonyl (C=O) groups excluding carboxylic acids is 2. The van der Waals surface area contributed by atoms with Crippen LogP contribution in [0.3, 0.4) is 0 Å². The van der Waals surface area contributed by atoms with Crippen LogP contribution in [0.1, 0.15) is 26.3 Å². The van der Waals surface area contributed by atoms with Gasteiger partial charge in [0.25, 0.3) is 11.8 Å². The second-order valence-electron chi connectivity index (χ2n) is 5.34. The fraction of sp³-hybridized carbons (Fsp3) is 0.235. The van der Waals surface area contributed by atoms with E-state index >= 15 is 0 Å². The van der Waals surface area contributed by atoms with Crippen LogP contribution < -0.4 is 9.88 Å². The Morgan fingerprint density at radius 2 is 1.73 bits per heavy atom. The van der Waals surface area contributed by atoms with E-state index in [1.807, 2.05) is 37.0 Å². The van der Waals surface area contributed by atoms with Crippen LogP contribution >= 0.6 is 0 Å². The SMILES string of the molecule is CNc1cc[n+](CCN2C(=O)c3ccccc3C2=O)cc1C. The first kappa shape index (κ1) is 14.3. The topological polar surface area (TPSA) is 53.3 Å². The minimum Gasteiger partial charge on any atom is -0.388 e. The van der Waals surface area contributed by atoms with Gasteiger partial charge in [0, 0.05) is 24.4 Å². The zero-order chi connectivity index (χ0) is 15.7. The Hall–Kier alpha value is -2.69. The smallest absolute Gasteiger partial charge is 0.261 e. The molecule has 112 valence electrons. The zero-order valence-electron chi connectivity index (χ0n) is 12.7. The van der Waals surface area contributed by atoms with Gasteiger partial charge in [-0.15, -0.1) is 0 Å². The van der Waals surface area contributed by atoms with E-state index in [0.717, 1.165) is 11.3 Å². The summed E-state index contributed by atoms with van der Waals surface area (Å²) < 4.78 is 1.99. The van der Waals surface area contributed by atoms with Crippen molar-refractivity contribution >= 4 is 17.5 Å². The molecule has 3 rings (SSSR count). The molecule has 5 nitrogen and oxygen atoms in total. The predicted molar refractivity (Wildman–Crippen MR) is 82.7 cm³/mol. The molecule has 2 heterocycles. The summed E-state index contributed by atoms with van der Waals surface area (Å²) in [5.41, 5.74) is 3.18. The maximum Gasteiger partial charge on any atom is 0.261 e. The van der Waals surface area contributed by atoms with E-state index in [0.29, 0.717) is 24.2 Å².